The summed E-state index contributed by atoms with van der Waals surface area (Å²) in [7, 11) is 1.69. The van der Waals surface area contributed by atoms with Crippen LogP contribution in [0.4, 0.5) is 18.9 Å². The summed E-state index contributed by atoms with van der Waals surface area (Å²) in [5, 5.41) is 6.60. The normalized spacial score (nSPS) is 12.8. The van der Waals surface area contributed by atoms with Crippen molar-refractivity contribution in [1.29, 1.82) is 0 Å². The summed E-state index contributed by atoms with van der Waals surface area (Å²) in [4.78, 5) is 26.3. The van der Waals surface area contributed by atoms with Gasteiger partial charge in [0.15, 0.2) is 11.5 Å². The highest BCUT2D eigenvalue weighted by Crippen LogP contribution is 2.37. The number of hydrogen-bond acceptors (Lipinski definition) is 5. The molecule has 1 aliphatic rings. The number of carbonyl (C=O) groups excluding carboxylic acids is 1. The Morgan fingerprint density at radius 3 is 2.75 bits per heavy atom. The van der Waals surface area contributed by atoms with Crippen molar-refractivity contribution in [3.63, 3.8) is 0 Å². The molecule has 1 N–H and O–H groups in total. The number of hydrogen-bond donors (Lipinski definition) is 1. The Bertz CT molecular complexity index is 1520. The quantitative estimate of drug-likeness (QED) is 0.453. The van der Waals surface area contributed by atoms with Crippen molar-refractivity contribution in [2.45, 2.75) is 32.5 Å². The number of nitrogens with one attached hydrogen (secondary N) is 1. The third-order valence-corrected chi connectivity index (χ3v) is 6.11. The van der Waals surface area contributed by atoms with Crippen molar-refractivity contribution in [2.75, 3.05) is 5.32 Å². The first-order chi connectivity index (χ1) is 17.1. The fourth-order valence-corrected chi connectivity index (χ4v) is 4.37. The lowest BCUT2D eigenvalue weighted by Gasteiger charge is -2.11. The van der Waals surface area contributed by atoms with Gasteiger partial charge < -0.3 is 14.6 Å². The SMILES string of the molecule is Cc1c(NC(=O)c2noc3c2CCCc2cc(OC(F)(F)F)ccc2-3)c(=O)n(-c2cc#ccc2)n1C. The van der Waals surface area contributed by atoms with E-state index in [0.717, 1.165) is 0 Å². The zero-order chi connectivity index (χ0) is 25.6. The highest BCUT2D eigenvalue weighted by Gasteiger charge is 2.32. The van der Waals surface area contributed by atoms with Crippen LogP contribution in [0.1, 0.15) is 33.7 Å². The minimum absolute atomic E-state index is 0.0188. The molecule has 2 heterocycles. The van der Waals surface area contributed by atoms with Crippen molar-refractivity contribution in [3.8, 4) is 22.8 Å². The monoisotopic (exact) mass is 496 g/mol. The molecule has 0 unspecified atom stereocenters. The molecule has 0 radical (unpaired) electrons. The molecule has 0 saturated heterocycles. The van der Waals surface area contributed by atoms with E-state index in [1.54, 1.807) is 36.9 Å². The van der Waals surface area contributed by atoms with Crippen LogP contribution in [0, 0.1) is 19.1 Å². The Morgan fingerprint density at radius 1 is 1.22 bits per heavy atom. The van der Waals surface area contributed by atoms with Crippen molar-refractivity contribution in [2.24, 2.45) is 7.05 Å². The first-order valence-electron chi connectivity index (χ1n) is 11.0. The Balaban J connectivity index is 1.47. The number of carbonyl (C=O) groups is 1. The highest BCUT2D eigenvalue weighted by molar-refractivity contribution is 6.05. The number of anilines is 1. The molecule has 8 nitrogen and oxygen atoms in total. The second-order valence-corrected chi connectivity index (χ2v) is 8.31. The topological polar surface area (TPSA) is 91.3 Å². The first kappa shape index (κ1) is 23.3. The van der Waals surface area contributed by atoms with Gasteiger partial charge in [0.1, 0.15) is 11.4 Å². The number of rotatable bonds is 4. The maximum atomic E-state index is 13.2. The molecule has 1 aliphatic carbocycles. The maximum absolute atomic E-state index is 13.2. The number of aryl methyl sites for hydroxylation is 1. The van der Waals surface area contributed by atoms with Gasteiger partial charge in [0.05, 0.1) is 11.4 Å². The summed E-state index contributed by atoms with van der Waals surface area (Å²) in [5.41, 5.74) is 2.43. The third-order valence-electron chi connectivity index (χ3n) is 6.11. The lowest BCUT2D eigenvalue weighted by atomic mass is 10.0. The number of amides is 1. The number of nitrogens with zero attached hydrogens (tertiary/aromatic N) is 3. The predicted octanol–water partition coefficient (Wildman–Crippen LogP) is 4.38. The van der Waals surface area contributed by atoms with Gasteiger partial charge in [-0.3, -0.25) is 14.3 Å². The van der Waals surface area contributed by atoms with Gasteiger partial charge in [0, 0.05) is 24.2 Å². The Kier molecular flexibility index (Phi) is 5.59. The number of alkyl halides is 3. The van der Waals surface area contributed by atoms with Gasteiger partial charge in [-0.2, -0.15) is 0 Å². The van der Waals surface area contributed by atoms with Gasteiger partial charge in [0.2, 0.25) is 0 Å². The summed E-state index contributed by atoms with van der Waals surface area (Å²) >= 11 is 0. The highest BCUT2D eigenvalue weighted by atomic mass is 19.4. The smallest absolute Gasteiger partial charge is 0.406 e. The molecule has 1 amide bonds. The van der Waals surface area contributed by atoms with Gasteiger partial charge in [-0.05, 0) is 62.1 Å². The minimum atomic E-state index is -4.80. The van der Waals surface area contributed by atoms with Crippen LogP contribution in [-0.4, -0.2) is 26.8 Å². The van der Waals surface area contributed by atoms with E-state index in [1.807, 2.05) is 0 Å². The maximum Gasteiger partial charge on any atom is 0.573 e. The van der Waals surface area contributed by atoms with Gasteiger partial charge >= 0.3 is 6.36 Å². The van der Waals surface area contributed by atoms with E-state index in [-0.39, 0.29) is 17.1 Å². The molecular weight excluding hydrogens is 477 g/mol. The molecule has 2 aromatic carbocycles. The van der Waals surface area contributed by atoms with Crippen molar-refractivity contribution < 1.29 is 27.2 Å². The number of fused-ring (bicyclic) bond motifs is 3. The van der Waals surface area contributed by atoms with E-state index in [4.69, 9.17) is 4.52 Å². The van der Waals surface area contributed by atoms with E-state index >= 15 is 0 Å². The van der Waals surface area contributed by atoms with Crippen LogP contribution in [0.15, 0.2) is 45.7 Å². The molecule has 4 aromatic rings. The molecule has 184 valence electrons. The zero-order valence-electron chi connectivity index (χ0n) is 19.2. The summed E-state index contributed by atoms with van der Waals surface area (Å²) in [6.07, 6.45) is -3.37. The van der Waals surface area contributed by atoms with Crippen LogP contribution in [-0.2, 0) is 19.9 Å². The Hall–Kier alpha value is -4.46. The van der Waals surface area contributed by atoms with Crippen LogP contribution < -0.4 is 15.6 Å². The lowest BCUT2D eigenvalue weighted by Crippen LogP contribution is -2.23. The summed E-state index contributed by atoms with van der Waals surface area (Å²) in [5.74, 6) is -0.636. The summed E-state index contributed by atoms with van der Waals surface area (Å²) in [6, 6.07) is 14.5. The second-order valence-electron chi connectivity index (χ2n) is 8.31. The average molecular weight is 496 g/mol. The van der Waals surface area contributed by atoms with E-state index in [1.165, 1.54) is 22.9 Å². The molecule has 0 fully saturated rings. The second kappa shape index (κ2) is 8.64. The van der Waals surface area contributed by atoms with E-state index in [9.17, 15) is 22.8 Å². The summed E-state index contributed by atoms with van der Waals surface area (Å²) in [6.45, 7) is 1.70. The number of ether oxygens (including phenoxy) is 1. The van der Waals surface area contributed by atoms with Crippen molar-refractivity contribution in [3.05, 3.63) is 81.4 Å². The fourth-order valence-electron chi connectivity index (χ4n) is 4.37. The van der Waals surface area contributed by atoms with Crippen LogP contribution in [0.25, 0.3) is 17.0 Å². The molecule has 0 aliphatic heterocycles. The predicted molar refractivity (Wildman–Crippen MR) is 122 cm³/mol. The average Bonchev–Trinajstić information content (AvgIpc) is 3.26. The van der Waals surface area contributed by atoms with Gasteiger partial charge in [-0.15, -0.1) is 13.2 Å². The molecule has 0 spiro atoms. The van der Waals surface area contributed by atoms with Gasteiger partial charge in [0.25, 0.3) is 11.5 Å². The Labute approximate surface area is 202 Å². The van der Waals surface area contributed by atoms with E-state index in [2.05, 4.69) is 27.3 Å². The van der Waals surface area contributed by atoms with E-state index in [0.29, 0.717) is 53.1 Å². The molecule has 0 saturated carbocycles. The molecule has 11 heteroatoms. The zero-order valence-corrected chi connectivity index (χ0v) is 19.2. The first-order valence-corrected chi connectivity index (χ1v) is 11.0. The van der Waals surface area contributed by atoms with Crippen molar-refractivity contribution in [1.82, 2.24) is 14.5 Å². The lowest BCUT2D eigenvalue weighted by molar-refractivity contribution is -0.274. The largest absolute Gasteiger partial charge is 0.573 e. The molecule has 0 bridgehead atoms. The molecule has 36 heavy (non-hydrogen) atoms. The number of benzene rings is 1. The molecular formula is C25H19F3N4O4. The van der Waals surface area contributed by atoms with Crippen LogP contribution in [0.5, 0.6) is 5.75 Å². The molecule has 0 atom stereocenters. The minimum Gasteiger partial charge on any atom is -0.406 e. The van der Waals surface area contributed by atoms with Crippen molar-refractivity contribution >= 4 is 11.6 Å². The number of halogens is 3. The van der Waals surface area contributed by atoms with Crippen LogP contribution in [0.2, 0.25) is 0 Å². The summed E-state index contributed by atoms with van der Waals surface area (Å²) < 4.78 is 50.4. The van der Waals surface area contributed by atoms with Crippen LogP contribution >= 0.6 is 0 Å². The van der Waals surface area contributed by atoms with E-state index < -0.39 is 17.8 Å². The number of aromatic nitrogens is 3. The molecule has 5 rings (SSSR count). The standard InChI is InChI=1S/C25H19F3N4O4/c1-14-20(24(34)32(31(14)2)16-8-4-3-5-9-16)29-23(33)21-19-10-6-7-15-13-17(35-25(26,27)28)11-12-18(15)22(19)36-30-21/h4,8-9,11-13H,6-7,10H2,1-2H3,(H,29,33). The van der Waals surface area contributed by atoms with Crippen LogP contribution in [0.3, 0.4) is 0 Å². The third kappa shape index (κ3) is 4.11. The fraction of sp³-hybridized carbons (Fsp3) is 0.240. The molecule has 2 aromatic heterocycles. The Morgan fingerprint density at radius 2 is 2.03 bits per heavy atom. The van der Waals surface area contributed by atoms with Gasteiger partial charge in [-0.25, -0.2) is 4.68 Å². The van der Waals surface area contributed by atoms with Gasteiger partial charge in [-0.1, -0.05) is 17.3 Å².